The van der Waals surface area contributed by atoms with E-state index in [-0.39, 0.29) is 65.6 Å². The highest BCUT2D eigenvalue weighted by molar-refractivity contribution is 6.31. The molecule has 0 spiro atoms. The summed E-state index contributed by atoms with van der Waals surface area (Å²) in [6.45, 7) is 7.64. The Morgan fingerprint density at radius 1 is 1.14 bits per heavy atom. The number of carbonyl (C=O) groups is 1. The molecule has 3 aromatic rings. The number of rotatable bonds is 5. The third-order valence-corrected chi connectivity index (χ3v) is 10.3. The molecule has 1 saturated heterocycles. The van der Waals surface area contributed by atoms with Crippen molar-refractivity contribution in [2.45, 2.75) is 69.2 Å². The van der Waals surface area contributed by atoms with Gasteiger partial charge in [-0.05, 0) is 36.1 Å². The SMILES string of the molecule is C=CC(=O)N1CCN2c3c(c(=O)n(-c4c(CC)cncc4CC)c4c(=O)n(C5C(F)=C(Cl)C[C@@H](Cl)[C@H]5N)c(C(F)(F)F)cc34)OCC[C@H]2C1. The van der Waals surface area contributed by atoms with Gasteiger partial charge in [0.15, 0.2) is 0 Å². The molecule has 10 nitrogen and oxygen atoms in total. The maximum absolute atomic E-state index is 15.9. The number of nitrogens with zero attached hydrogens (tertiary/aromatic N) is 5. The van der Waals surface area contributed by atoms with Crippen LogP contribution in [0.2, 0.25) is 0 Å². The van der Waals surface area contributed by atoms with Crippen molar-refractivity contribution in [1.82, 2.24) is 19.0 Å². The highest BCUT2D eigenvalue weighted by Crippen LogP contribution is 2.44. The molecule has 49 heavy (non-hydrogen) atoms. The fourth-order valence-electron chi connectivity index (χ4n) is 7.15. The number of carbonyl (C=O) groups excluding carboxylic acids is 1. The molecule has 0 saturated carbocycles. The van der Waals surface area contributed by atoms with Gasteiger partial charge >= 0.3 is 6.18 Å². The third kappa shape index (κ3) is 5.71. The van der Waals surface area contributed by atoms with Gasteiger partial charge in [-0.3, -0.25) is 28.5 Å². The molecule has 4 atom stereocenters. The van der Waals surface area contributed by atoms with Gasteiger partial charge in [-0.2, -0.15) is 13.2 Å². The number of aryl methyl sites for hydroxylation is 2. The minimum Gasteiger partial charge on any atom is -0.486 e. The number of halogens is 6. The van der Waals surface area contributed by atoms with E-state index >= 15 is 17.6 Å². The summed E-state index contributed by atoms with van der Waals surface area (Å²) < 4.78 is 68.6. The summed E-state index contributed by atoms with van der Waals surface area (Å²) in [5, 5.41) is -1.79. The second-order valence-electron chi connectivity index (χ2n) is 12.3. The van der Waals surface area contributed by atoms with Crippen molar-refractivity contribution < 1.29 is 27.1 Å². The Balaban J connectivity index is 1.80. The number of allylic oxidation sites excluding steroid dienone is 1. The van der Waals surface area contributed by atoms with Gasteiger partial charge in [-0.25, -0.2) is 4.39 Å². The van der Waals surface area contributed by atoms with Crippen LogP contribution in [0.3, 0.4) is 0 Å². The average molecular weight is 726 g/mol. The summed E-state index contributed by atoms with van der Waals surface area (Å²) >= 11 is 12.5. The molecule has 3 aromatic heterocycles. The predicted octanol–water partition coefficient (Wildman–Crippen LogP) is 4.98. The topological polar surface area (TPSA) is 116 Å². The smallest absolute Gasteiger partial charge is 0.431 e. The molecule has 2 aliphatic heterocycles. The first-order valence-corrected chi connectivity index (χ1v) is 16.7. The Kier molecular flexibility index (Phi) is 9.35. The first-order chi connectivity index (χ1) is 23.2. The maximum Gasteiger partial charge on any atom is 0.431 e. The van der Waals surface area contributed by atoms with E-state index in [1.807, 2.05) is 13.8 Å². The number of anilines is 1. The van der Waals surface area contributed by atoms with Gasteiger partial charge in [0.25, 0.3) is 11.1 Å². The summed E-state index contributed by atoms with van der Waals surface area (Å²) in [7, 11) is 0. The van der Waals surface area contributed by atoms with Crippen LogP contribution >= 0.6 is 23.2 Å². The number of alkyl halides is 4. The minimum atomic E-state index is -5.20. The van der Waals surface area contributed by atoms with Gasteiger partial charge in [0, 0.05) is 56.3 Å². The summed E-state index contributed by atoms with van der Waals surface area (Å²) in [6, 6.07) is -3.24. The minimum absolute atomic E-state index is 0.00832. The number of pyridine rings is 3. The Morgan fingerprint density at radius 2 is 1.82 bits per heavy atom. The van der Waals surface area contributed by atoms with Crippen molar-refractivity contribution in [3.63, 3.8) is 0 Å². The number of ether oxygens (including phenoxy) is 1. The molecule has 6 rings (SSSR count). The zero-order chi connectivity index (χ0) is 35.5. The predicted molar refractivity (Wildman–Crippen MR) is 179 cm³/mol. The fraction of sp³-hybridized carbons (Fsp3) is 0.455. The molecule has 1 aliphatic carbocycles. The van der Waals surface area contributed by atoms with Gasteiger partial charge < -0.3 is 20.3 Å². The highest BCUT2D eigenvalue weighted by Gasteiger charge is 2.45. The van der Waals surface area contributed by atoms with Crippen LogP contribution < -0.4 is 26.5 Å². The van der Waals surface area contributed by atoms with Crippen LogP contribution in [0.1, 0.15) is 49.6 Å². The highest BCUT2D eigenvalue weighted by atomic mass is 35.5. The lowest BCUT2D eigenvalue weighted by molar-refractivity contribution is -0.144. The summed E-state index contributed by atoms with van der Waals surface area (Å²) in [5.41, 5.74) is 3.52. The van der Waals surface area contributed by atoms with Crippen molar-refractivity contribution in [2.75, 3.05) is 31.1 Å². The van der Waals surface area contributed by atoms with Crippen molar-refractivity contribution in [3.05, 3.63) is 79.5 Å². The molecular weight excluding hydrogens is 691 g/mol. The Morgan fingerprint density at radius 3 is 2.43 bits per heavy atom. The van der Waals surface area contributed by atoms with E-state index in [0.29, 0.717) is 30.4 Å². The van der Waals surface area contributed by atoms with Gasteiger partial charge in [0.05, 0.1) is 34.4 Å². The van der Waals surface area contributed by atoms with Crippen LogP contribution in [0.15, 0.2) is 51.6 Å². The third-order valence-electron chi connectivity index (χ3n) is 9.56. The van der Waals surface area contributed by atoms with Crippen molar-refractivity contribution in [3.8, 4) is 11.4 Å². The van der Waals surface area contributed by atoms with Crippen LogP contribution in [0.5, 0.6) is 5.75 Å². The molecule has 262 valence electrons. The standard InChI is InChI=1S/C33H34Cl2F4N6O4/c1-4-16-13-41-14-17(5-2)26(16)45-28-19(27-30(32(45)48)49-10-7-18-15-42(23(46)6-3)8-9-43(18)27)11-22(33(37,38)39)44(31(28)47)29-24(36)20(34)12-21(35)25(29)40/h6,11,13-14,18,21,25,29H,3-5,7-10,12,15,40H2,1-2H3/t18-,21+,25+,29?/m0/s1. The normalized spacial score (nSPS) is 22.8. The quantitative estimate of drug-likeness (QED) is 0.224. The second kappa shape index (κ2) is 13.1. The Hall–Kier alpha value is -3.88. The molecule has 16 heteroatoms. The van der Waals surface area contributed by atoms with Crippen molar-refractivity contribution in [2.24, 2.45) is 5.73 Å². The average Bonchev–Trinajstić information content (AvgIpc) is 3.27. The lowest BCUT2D eigenvalue weighted by Gasteiger charge is -2.42. The molecule has 2 N–H and O–H groups in total. The summed E-state index contributed by atoms with van der Waals surface area (Å²) in [6.07, 6.45) is -0.208. The van der Waals surface area contributed by atoms with Crippen LogP contribution in [0, 0.1) is 0 Å². The van der Waals surface area contributed by atoms with E-state index in [4.69, 9.17) is 33.7 Å². The summed E-state index contributed by atoms with van der Waals surface area (Å²) in [5.74, 6) is -1.78. The van der Waals surface area contributed by atoms with Gasteiger partial charge in [-0.1, -0.05) is 32.0 Å². The van der Waals surface area contributed by atoms with E-state index in [1.54, 1.807) is 9.80 Å². The molecule has 1 fully saturated rings. The molecule has 0 radical (unpaired) electrons. The number of nitrogens with two attached hydrogens (primary N) is 1. The number of hydrogen-bond donors (Lipinski definition) is 1. The Labute approximate surface area is 288 Å². The van der Waals surface area contributed by atoms with Crippen LogP contribution in [-0.2, 0) is 23.8 Å². The summed E-state index contributed by atoms with van der Waals surface area (Å²) in [4.78, 5) is 49.7. The molecule has 1 amide bonds. The number of piperazine rings is 1. The lowest BCUT2D eigenvalue weighted by Crippen LogP contribution is -2.54. The van der Waals surface area contributed by atoms with Gasteiger partial charge in [0.2, 0.25) is 11.7 Å². The first kappa shape index (κ1) is 35.0. The monoisotopic (exact) mass is 724 g/mol. The molecule has 5 heterocycles. The van der Waals surface area contributed by atoms with Gasteiger partial charge in [-0.15, -0.1) is 11.6 Å². The van der Waals surface area contributed by atoms with E-state index < -0.39 is 62.9 Å². The molecule has 0 bridgehead atoms. The fourth-order valence-corrected chi connectivity index (χ4v) is 7.80. The number of hydrogen-bond acceptors (Lipinski definition) is 7. The molecule has 1 unspecified atom stereocenters. The zero-order valence-corrected chi connectivity index (χ0v) is 28.2. The first-order valence-electron chi connectivity index (χ1n) is 15.9. The van der Waals surface area contributed by atoms with Crippen LogP contribution in [0.25, 0.3) is 16.6 Å². The van der Waals surface area contributed by atoms with Gasteiger partial charge in [0.1, 0.15) is 23.1 Å². The van der Waals surface area contributed by atoms with E-state index in [0.717, 1.165) is 10.6 Å². The molecule has 3 aliphatic rings. The van der Waals surface area contributed by atoms with Crippen LogP contribution in [0.4, 0.5) is 23.2 Å². The number of fused-ring (bicyclic) bond motifs is 5. The largest absolute Gasteiger partial charge is 0.486 e. The van der Waals surface area contributed by atoms with E-state index in [2.05, 4.69) is 11.6 Å². The Bertz CT molecular complexity index is 1990. The van der Waals surface area contributed by atoms with Crippen molar-refractivity contribution in [1.29, 1.82) is 0 Å². The lowest BCUT2D eigenvalue weighted by atomic mass is 9.94. The van der Waals surface area contributed by atoms with E-state index in [1.165, 1.54) is 18.5 Å². The number of aromatic nitrogens is 3. The van der Waals surface area contributed by atoms with E-state index in [9.17, 15) is 14.4 Å². The molecule has 0 aromatic carbocycles. The van der Waals surface area contributed by atoms with Crippen molar-refractivity contribution >= 4 is 45.7 Å². The van der Waals surface area contributed by atoms with Crippen LogP contribution in [-0.4, -0.2) is 68.6 Å². The zero-order valence-electron chi connectivity index (χ0n) is 26.7. The second-order valence-corrected chi connectivity index (χ2v) is 13.3. The number of amides is 1. The maximum atomic E-state index is 15.9. The molecular formula is C33H34Cl2F4N6O4.